The van der Waals surface area contributed by atoms with E-state index in [1.54, 1.807) is 6.07 Å². The first-order valence-corrected chi connectivity index (χ1v) is 8.88. The molecule has 0 spiro atoms. The lowest BCUT2D eigenvalue weighted by Crippen LogP contribution is -2.48. The molecule has 1 aromatic rings. The molecule has 2 heterocycles. The lowest BCUT2D eigenvalue weighted by atomic mass is 9.97. The second-order valence-corrected chi connectivity index (χ2v) is 7.43. The fraction of sp³-hybridized carbons (Fsp3) is 0.647. The van der Waals surface area contributed by atoms with Gasteiger partial charge in [-0.15, -0.1) is 0 Å². The molecule has 4 heteroatoms. The van der Waals surface area contributed by atoms with Crippen LogP contribution in [0.1, 0.15) is 44.6 Å². The molecule has 0 amide bonds. The summed E-state index contributed by atoms with van der Waals surface area (Å²) >= 11 is 3.40. The maximum absolute atomic E-state index is 13.6. The van der Waals surface area contributed by atoms with Gasteiger partial charge in [0, 0.05) is 29.1 Å². The molecule has 2 saturated heterocycles. The van der Waals surface area contributed by atoms with Crippen molar-refractivity contribution in [1.82, 2.24) is 10.2 Å². The van der Waals surface area contributed by atoms with Gasteiger partial charge in [0.05, 0.1) is 0 Å². The fourth-order valence-electron chi connectivity index (χ4n) is 3.94. The maximum atomic E-state index is 13.6. The van der Waals surface area contributed by atoms with E-state index in [0.717, 1.165) is 29.5 Å². The van der Waals surface area contributed by atoms with Gasteiger partial charge >= 0.3 is 0 Å². The van der Waals surface area contributed by atoms with Gasteiger partial charge in [-0.05, 0) is 62.4 Å². The minimum Gasteiger partial charge on any atom is -0.311 e. The van der Waals surface area contributed by atoms with Crippen LogP contribution in [0.4, 0.5) is 4.39 Å². The van der Waals surface area contributed by atoms with Crippen LogP contribution in [-0.4, -0.2) is 29.6 Å². The quantitative estimate of drug-likeness (QED) is 0.856. The summed E-state index contributed by atoms with van der Waals surface area (Å²) in [4.78, 5) is 2.56. The summed E-state index contributed by atoms with van der Waals surface area (Å²) in [6.07, 6.45) is 6.29. The average Bonchev–Trinajstić information content (AvgIpc) is 2.76. The van der Waals surface area contributed by atoms with Crippen molar-refractivity contribution < 1.29 is 4.39 Å². The molecule has 2 bridgehead atoms. The monoisotopic (exact) mass is 354 g/mol. The first-order chi connectivity index (χ1) is 10.1. The van der Waals surface area contributed by atoms with Crippen molar-refractivity contribution in [3.8, 4) is 0 Å². The van der Waals surface area contributed by atoms with E-state index in [2.05, 4.69) is 33.1 Å². The molecule has 0 aromatic heterocycles. The normalized spacial score (nSPS) is 28.3. The van der Waals surface area contributed by atoms with Gasteiger partial charge in [-0.25, -0.2) is 4.39 Å². The van der Waals surface area contributed by atoms with Crippen LogP contribution < -0.4 is 5.32 Å². The van der Waals surface area contributed by atoms with Crippen LogP contribution in [0.2, 0.25) is 0 Å². The maximum Gasteiger partial charge on any atom is 0.124 e. The first kappa shape index (κ1) is 15.4. The fourth-order valence-corrected chi connectivity index (χ4v) is 4.45. The van der Waals surface area contributed by atoms with Crippen molar-refractivity contribution >= 4 is 15.9 Å². The molecule has 3 rings (SSSR count). The Morgan fingerprint density at radius 1 is 1.24 bits per heavy atom. The van der Waals surface area contributed by atoms with Crippen molar-refractivity contribution in [3.05, 3.63) is 34.1 Å². The summed E-state index contributed by atoms with van der Waals surface area (Å²) in [5, 5.41) is 3.71. The topological polar surface area (TPSA) is 15.3 Å². The second-order valence-electron chi connectivity index (χ2n) is 6.51. The number of hydrogen-bond donors (Lipinski definition) is 1. The van der Waals surface area contributed by atoms with E-state index in [9.17, 15) is 4.39 Å². The van der Waals surface area contributed by atoms with Gasteiger partial charge < -0.3 is 5.32 Å². The zero-order valence-electron chi connectivity index (χ0n) is 12.6. The van der Waals surface area contributed by atoms with E-state index in [-0.39, 0.29) is 5.82 Å². The Kier molecular flexibility index (Phi) is 4.97. The molecule has 21 heavy (non-hydrogen) atoms. The summed E-state index contributed by atoms with van der Waals surface area (Å²) < 4.78 is 14.4. The van der Waals surface area contributed by atoms with Gasteiger partial charge in [0.2, 0.25) is 0 Å². The third kappa shape index (κ3) is 3.85. The lowest BCUT2D eigenvalue weighted by Gasteiger charge is -2.38. The molecule has 116 valence electrons. The molecule has 2 unspecified atom stereocenters. The van der Waals surface area contributed by atoms with Gasteiger partial charge in [-0.3, -0.25) is 4.90 Å². The average molecular weight is 355 g/mol. The number of fused-ring (bicyclic) bond motifs is 2. The molecule has 2 nitrogen and oxygen atoms in total. The van der Waals surface area contributed by atoms with Crippen molar-refractivity contribution in [1.29, 1.82) is 0 Å². The molecule has 2 aliphatic rings. The summed E-state index contributed by atoms with van der Waals surface area (Å²) in [7, 11) is 0. The van der Waals surface area contributed by atoms with Crippen molar-refractivity contribution in [2.24, 2.45) is 0 Å². The number of benzene rings is 1. The third-order valence-electron chi connectivity index (χ3n) is 4.78. The highest BCUT2D eigenvalue weighted by Gasteiger charge is 2.35. The molecule has 2 aliphatic heterocycles. The number of piperidine rings is 1. The molecule has 0 saturated carbocycles. The summed E-state index contributed by atoms with van der Waals surface area (Å²) in [6.45, 7) is 4.18. The predicted molar refractivity (Wildman–Crippen MR) is 87.8 cm³/mol. The zero-order valence-corrected chi connectivity index (χ0v) is 14.2. The van der Waals surface area contributed by atoms with Crippen LogP contribution in [0.5, 0.6) is 0 Å². The van der Waals surface area contributed by atoms with Crippen molar-refractivity contribution in [2.75, 3.05) is 6.54 Å². The Bertz CT molecular complexity index is 461. The number of halogens is 2. The predicted octanol–water partition coefficient (Wildman–Crippen LogP) is 4.08. The Labute approximate surface area is 135 Å². The molecule has 2 fully saturated rings. The molecule has 1 aromatic carbocycles. The van der Waals surface area contributed by atoms with Crippen LogP contribution in [0.15, 0.2) is 22.7 Å². The SMILES string of the molecule is CCCN(Cc1cc(F)cc(Br)c1)C1CC2CCC(C1)N2. The highest BCUT2D eigenvalue weighted by Crippen LogP contribution is 2.31. The molecule has 1 N–H and O–H groups in total. The second kappa shape index (κ2) is 6.76. The highest BCUT2D eigenvalue weighted by molar-refractivity contribution is 9.10. The molecule has 0 aliphatic carbocycles. The van der Waals surface area contributed by atoms with Gasteiger partial charge in [0.1, 0.15) is 5.82 Å². The first-order valence-electron chi connectivity index (χ1n) is 8.09. The largest absolute Gasteiger partial charge is 0.311 e. The minimum atomic E-state index is -0.152. The smallest absolute Gasteiger partial charge is 0.124 e. The van der Waals surface area contributed by atoms with Gasteiger partial charge in [-0.1, -0.05) is 22.9 Å². The van der Waals surface area contributed by atoms with Crippen molar-refractivity contribution in [3.63, 3.8) is 0 Å². The summed E-state index contributed by atoms with van der Waals surface area (Å²) in [5.41, 5.74) is 1.07. The summed E-state index contributed by atoms with van der Waals surface area (Å²) in [5.74, 6) is -0.152. The number of hydrogen-bond acceptors (Lipinski definition) is 2. The van der Waals surface area contributed by atoms with Gasteiger partial charge in [0.25, 0.3) is 0 Å². The highest BCUT2D eigenvalue weighted by atomic mass is 79.9. The number of nitrogens with one attached hydrogen (secondary N) is 1. The van der Waals surface area contributed by atoms with Crippen molar-refractivity contribution in [2.45, 2.75) is 63.7 Å². The third-order valence-corrected chi connectivity index (χ3v) is 5.24. The Morgan fingerprint density at radius 3 is 2.57 bits per heavy atom. The van der Waals surface area contributed by atoms with Crippen LogP contribution in [-0.2, 0) is 6.54 Å². The number of rotatable bonds is 5. The van der Waals surface area contributed by atoms with Gasteiger partial charge in [0.15, 0.2) is 0 Å². The van der Waals surface area contributed by atoms with E-state index >= 15 is 0 Å². The molecular weight excluding hydrogens is 331 g/mol. The standard InChI is InChI=1S/C17H24BrFN2/c1-2-5-21(11-12-6-13(18)8-14(19)7-12)17-9-15-3-4-16(10-17)20-15/h6-8,15-17,20H,2-5,9-11H2,1H3. The van der Waals surface area contributed by atoms with E-state index in [0.29, 0.717) is 18.1 Å². The lowest BCUT2D eigenvalue weighted by molar-refractivity contribution is 0.134. The van der Waals surface area contributed by atoms with E-state index in [4.69, 9.17) is 0 Å². The Hall–Kier alpha value is -0.450. The van der Waals surface area contributed by atoms with Crippen LogP contribution in [0.25, 0.3) is 0 Å². The molecule has 0 radical (unpaired) electrons. The zero-order chi connectivity index (χ0) is 14.8. The molecular formula is C17H24BrFN2. The van der Waals surface area contributed by atoms with E-state index < -0.39 is 0 Å². The molecule has 2 atom stereocenters. The van der Waals surface area contributed by atoms with Crippen LogP contribution >= 0.6 is 15.9 Å². The Balaban J connectivity index is 1.72. The van der Waals surface area contributed by atoms with E-state index in [1.807, 2.05) is 6.07 Å². The number of nitrogens with zero attached hydrogens (tertiary/aromatic N) is 1. The minimum absolute atomic E-state index is 0.152. The van der Waals surface area contributed by atoms with Crippen LogP contribution in [0.3, 0.4) is 0 Å². The van der Waals surface area contributed by atoms with Gasteiger partial charge in [-0.2, -0.15) is 0 Å². The van der Waals surface area contributed by atoms with Crippen LogP contribution in [0, 0.1) is 5.82 Å². The summed E-state index contributed by atoms with van der Waals surface area (Å²) in [6, 6.07) is 7.29. The van der Waals surface area contributed by atoms with E-state index in [1.165, 1.54) is 31.7 Å². The Morgan fingerprint density at radius 2 is 1.95 bits per heavy atom.